The molecule has 0 saturated carbocycles. The van der Waals surface area contributed by atoms with E-state index in [0.29, 0.717) is 6.54 Å². The summed E-state index contributed by atoms with van der Waals surface area (Å²) in [5, 5.41) is 3.10. The zero-order valence-corrected chi connectivity index (χ0v) is 12.4. The summed E-state index contributed by atoms with van der Waals surface area (Å²) < 4.78 is 0. The molecule has 0 heterocycles. The molecule has 2 aromatic rings. The summed E-state index contributed by atoms with van der Waals surface area (Å²) in [5.41, 5.74) is 9.06. The van der Waals surface area contributed by atoms with Crippen LogP contribution in [0.5, 0.6) is 0 Å². The van der Waals surface area contributed by atoms with Gasteiger partial charge in [0.15, 0.2) is 0 Å². The van der Waals surface area contributed by atoms with E-state index in [0.717, 1.165) is 18.4 Å². The van der Waals surface area contributed by atoms with Crippen molar-refractivity contribution < 1.29 is 4.79 Å². The third kappa shape index (κ3) is 5.04. The van der Waals surface area contributed by atoms with Crippen LogP contribution in [0.15, 0.2) is 54.6 Å². The Bertz CT molecular complexity index is 564. The van der Waals surface area contributed by atoms with Gasteiger partial charge in [0, 0.05) is 6.54 Å². The Morgan fingerprint density at radius 3 is 2.05 bits per heavy atom. The van der Waals surface area contributed by atoms with Gasteiger partial charge in [-0.2, -0.15) is 0 Å². The standard InChI is InChI=1S/C18H22N2O/c1-14(18(19)21)20-13-17-11-9-16(10-12-17)8-7-15-5-3-2-4-6-15/h2-6,9-12,14,20H,7-8,13H2,1H3,(H2,19,21)/t14-/m1/s1. The van der Waals surface area contributed by atoms with E-state index in [9.17, 15) is 4.79 Å². The molecule has 3 heteroatoms. The molecule has 1 atom stereocenters. The van der Waals surface area contributed by atoms with E-state index >= 15 is 0 Å². The van der Waals surface area contributed by atoms with E-state index in [4.69, 9.17) is 5.73 Å². The van der Waals surface area contributed by atoms with Crippen LogP contribution in [0.4, 0.5) is 0 Å². The fourth-order valence-corrected chi connectivity index (χ4v) is 2.13. The van der Waals surface area contributed by atoms with Gasteiger partial charge < -0.3 is 11.1 Å². The summed E-state index contributed by atoms with van der Waals surface area (Å²) in [7, 11) is 0. The third-order valence-electron chi connectivity index (χ3n) is 3.61. The van der Waals surface area contributed by atoms with Gasteiger partial charge in [-0.25, -0.2) is 0 Å². The number of amides is 1. The van der Waals surface area contributed by atoms with Crippen molar-refractivity contribution >= 4 is 5.91 Å². The van der Waals surface area contributed by atoms with Crippen molar-refractivity contribution in [3.63, 3.8) is 0 Å². The van der Waals surface area contributed by atoms with Gasteiger partial charge in [-0.3, -0.25) is 4.79 Å². The van der Waals surface area contributed by atoms with Crippen molar-refractivity contribution in [1.82, 2.24) is 5.32 Å². The first-order valence-electron chi connectivity index (χ1n) is 7.29. The lowest BCUT2D eigenvalue weighted by atomic mass is 10.0. The highest BCUT2D eigenvalue weighted by Crippen LogP contribution is 2.09. The summed E-state index contributed by atoms with van der Waals surface area (Å²) in [5.74, 6) is -0.325. The van der Waals surface area contributed by atoms with Crippen LogP contribution in [0.3, 0.4) is 0 Å². The normalized spacial score (nSPS) is 12.0. The smallest absolute Gasteiger partial charge is 0.234 e. The minimum absolute atomic E-state index is 0.303. The van der Waals surface area contributed by atoms with Crippen LogP contribution in [0.2, 0.25) is 0 Å². The number of carbonyl (C=O) groups is 1. The molecular formula is C18H22N2O. The lowest BCUT2D eigenvalue weighted by molar-refractivity contribution is -0.119. The lowest BCUT2D eigenvalue weighted by Gasteiger charge is -2.10. The van der Waals surface area contributed by atoms with Gasteiger partial charge in [0.05, 0.1) is 6.04 Å². The number of hydrogen-bond donors (Lipinski definition) is 2. The van der Waals surface area contributed by atoms with E-state index in [1.54, 1.807) is 6.92 Å². The molecule has 0 aromatic heterocycles. The Kier molecular flexibility index (Phi) is 5.52. The summed E-state index contributed by atoms with van der Waals surface area (Å²) >= 11 is 0. The van der Waals surface area contributed by atoms with Gasteiger partial charge in [-0.05, 0) is 36.5 Å². The van der Waals surface area contributed by atoms with Crippen molar-refractivity contribution in [1.29, 1.82) is 0 Å². The molecule has 0 unspecified atom stereocenters. The molecular weight excluding hydrogens is 260 g/mol. The Morgan fingerprint density at radius 1 is 0.952 bits per heavy atom. The van der Waals surface area contributed by atoms with Crippen LogP contribution in [-0.2, 0) is 24.2 Å². The highest BCUT2D eigenvalue weighted by atomic mass is 16.1. The second-order valence-electron chi connectivity index (χ2n) is 5.31. The summed E-state index contributed by atoms with van der Waals surface area (Å²) in [6.07, 6.45) is 2.09. The molecule has 0 spiro atoms. The van der Waals surface area contributed by atoms with Crippen LogP contribution in [0.25, 0.3) is 0 Å². The fourth-order valence-electron chi connectivity index (χ4n) is 2.13. The second-order valence-corrected chi connectivity index (χ2v) is 5.31. The van der Waals surface area contributed by atoms with Gasteiger partial charge in [-0.15, -0.1) is 0 Å². The molecule has 0 fully saturated rings. The van der Waals surface area contributed by atoms with Crippen molar-refractivity contribution in [3.05, 3.63) is 71.3 Å². The average molecular weight is 282 g/mol. The topological polar surface area (TPSA) is 55.1 Å². The zero-order valence-electron chi connectivity index (χ0n) is 12.4. The maximum absolute atomic E-state index is 11.0. The number of rotatable bonds is 7. The predicted molar refractivity (Wildman–Crippen MR) is 85.8 cm³/mol. The van der Waals surface area contributed by atoms with Crippen molar-refractivity contribution in [3.8, 4) is 0 Å². The van der Waals surface area contributed by atoms with Crippen LogP contribution >= 0.6 is 0 Å². The largest absolute Gasteiger partial charge is 0.368 e. The minimum Gasteiger partial charge on any atom is -0.368 e. The van der Waals surface area contributed by atoms with Gasteiger partial charge in [0.1, 0.15) is 0 Å². The Balaban J connectivity index is 1.83. The van der Waals surface area contributed by atoms with Crippen molar-refractivity contribution in [2.24, 2.45) is 5.73 Å². The summed E-state index contributed by atoms with van der Waals surface area (Å²) in [6, 6.07) is 18.7. The van der Waals surface area contributed by atoms with Gasteiger partial charge in [0.2, 0.25) is 5.91 Å². The molecule has 2 aromatic carbocycles. The van der Waals surface area contributed by atoms with Crippen LogP contribution in [0, 0.1) is 0 Å². The number of nitrogens with one attached hydrogen (secondary N) is 1. The first-order chi connectivity index (χ1) is 10.1. The van der Waals surface area contributed by atoms with Gasteiger partial charge in [-0.1, -0.05) is 54.6 Å². The molecule has 2 rings (SSSR count). The van der Waals surface area contributed by atoms with Crippen LogP contribution in [0.1, 0.15) is 23.6 Å². The molecule has 0 bridgehead atoms. The van der Waals surface area contributed by atoms with E-state index in [-0.39, 0.29) is 11.9 Å². The Labute approximate surface area is 126 Å². The molecule has 1 amide bonds. The maximum Gasteiger partial charge on any atom is 0.234 e. The van der Waals surface area contributed by atoms with E-state index in [1.165, 1.54) is 11.1 Å². The highest BCUT2D eigenvalue weighted by molar-refractivity contribution is 5.79. The molecule has 0 radical (unpaired) electrons. The summed E-state index contributed by atoms with van der Waals surface area (Å²) in [4.78, 5) is 11.0. The molecule has 0 saturated heterocycles. The number of primary amides is 1. The van der Waals surface area contributed by atoms with Crippen LogP contribution in [-0.4, -0.2) is 11.9 Å². The molecule has 0 aliphatic heterocycles. The van der Waals surface area contributed by atoms with Crippen LogP contribution < -0.4 is 11.1 Å². The van der Waals surface area contributed by atoms with E-state index < -0.39 is 0 Å². The third-order valence-corrected chi connectivity index (χ3v) is 3.61. The van der Waals surface area contributed by atoms with Gasteiger partial charge in [0.25, 0.3) is 0 Å². The molecule has 110 valence electrons. The molecule has 3 nitrogen and oxygen atoms in total. The number of benzene rings is 2. The molecule has 3 N–H and O–H groups in total. The van der Waals surface area contributed by atoms with E-state index in [1.807, 2.05) is 6.07 Å². The predicted octanol–water partition coefficient (Wildman–Crippen LogP) is 2.44. The van der Waals surface area contributed by atoms with Crippen molar-refractivity contribution in [2.75, 3.05) is 0 Å². The van der Waals surface area contributed by atoms with Gasteiger partial charge >= 0.3 is 0 Å². The monoisotopic (exact) mass is 282 g/mol. The quantitative estimate of drug-likeness (QED) is 0.819. The first-order valence-corrected chi connectivity index (χ1v) is 7.29. The molecule has 0 aliphatic carbocycles. The summed E-state index contributed by atoms with van der Waals surface area (Å²) in [6.45, 7) is 2.43. The SMILES string of the molecule is C[C@@H](NCc1ccc(CCc2ccccc2)cc1)C(N)=O. The maximum atomic E-state index is 11.0. The molecule has 21 heavy (non-hydrogen) atoms. The lowest BCUT2D eigenvalue weighted by Crippen LogP contribution is -2.38. The Morgan fingerprint density at radius 2 is 1.48 bits per heavy atom. The number of hydrogen-bond acceptors (Lipinski definition) is 2. The number of nitrogens with two attached hydrogens (primary N) is 1. The van der Waals surface area contributed by atoms with E-state index in [2.05, 4.69) is 53.8 Å². The zero-order chi connectivity index (χ0) is 15.1. The number of carbonyl (C=O) groups excluding carboxylic acids is 1. The average Bonchev–Trinajstić information content (AvgIpc) is 2.52. The minimum atomic E-state index is -0.325. The second kappa shape index (κ2) is 7.60. The molecule has 0 aliphatic rings. The highest BCUT2D eigenvalue weighted by Gasteiger charge is 2.06. The number of aryl methyl sites for hydroxylation is 2. The first kappa shape index (κ1) is 15.3. The fraction of sp³-hybridized carbons (Fsp3) is 0.278. The van der Waals surface area contributed by atoms with Crippen molar-refractivity contribution in [2.45, 2.75) is 32.4 Å². The Hall–Kier alpha value is -2.13.